The number of carbonyl (C=O) groups excluding carboxylic acids is 1. The third kappa shape index (κ3) is 5.47. The van der Waals surface area contributed by atoms with Crippen molar-refractivity contribution < 1.29 is 14.6 Å². The first-order valence-corrected chi connectivity index (χ1v) is 10.1. The SMILES string of the molecule is CCc1ccc(C(=O)N2CCN(CC(O)COc3ccccc3Cl)CC2)cc1. The van der Waals surface area contributed by atoms with Gasteiger partial charge in [-0.15, -0.1) is 0 Å². The number of piperazine rings is 1. The summed E-state index contributed by atoms with van der Waals surface area (Å²) in [6.45, 7) is 5.59. The van der Waals surface area contributed by atoms with Crippen molar-refractivity contribution in [1.82, 2.24) is 9.80 Å². The normalized spacial score (nSPS) is 16.0. The standard InChI is InChI=1S/C22H27ClN2O3/c1-2-17-7-9-18(10-8-17)22(27)25-13-11-24(12-14-25)15-19(26)16-28-21-6-4-3-5-20(21)23/h3-10,19,26H,2,11-16H2,1H3. The van der Waals surface area contributed by atoms with Gasteiger partial charge in [0.15, 0.2) is 0 Å². The van der Waals surface area contributed by atoms with Crippen LogP contribution in [0.4, 0.5) is 0 Å². The predicted octanol–water partition coefficient (Wildman–Crippen LogP) is 3.10. The summed E-state index contributed by atoms with van der Waals surface area (Å²) in [5.41, 5.74) is 1.97. The molecule has 2 aromatic carbocycles. The van der Waals surface area contributed by atoms with Gasteiger partial charge in [-0.2, -0.15) is 0 Å². The third-order valence-electron chi connectivity index (χ3n) is 5.01. The van der Waals surface area contributed by atoms with E-state index in [-0.39, 0.29) is 12.5 Å². The van der Waals surface area contributed by atoms with Crippen LogP contribution in [0, 0.1) is 0 Å². The second kappa shape index (κ2) is 9.92. The average molecular weight is 403 g/mol. The van der Waals surface area contributed by atoms with E-state index in [0.29, 0.717) is 30.4 Å². The lowest BCUT2D eigenvalue weighted by molar-refractivity contribution is 0.0404. The summed E-state index contributed by atoms with van der Waals surface area (Å²) in [6.07, 6.45) is 0.357. The highest BCUT2D eigenvalue weighted by atomic mass is 35.5. The monoisotopic (exact) mass is 402 g/mol. The number of rotatable bonds is 7. The Kier molecular flexibility index (Phi) is 7.31. The molecule has 1 saturated heterocycles. The molecule has 1 aliphatic heterocycles. The highest BCUT2D eigenvalue weighted by Gasteiger charge is 2.23. The van der Waals surface area contributed by atoms with Crippen molar-refractivity contribution in [3.05, 3.63) is 64.7 Å². The molecule has 0 saturated carbocycles. The van der Waals surface area contributed by atoms with Crippen LogP contribution in [0.5, 0.6) is 5.75 Å². The van der Waals surface area contributed by atoms with Crippen LogP contribution in [-0.4, -0.2) is 66.2 Å². The van der Waals surface area contributed by atoms with E-state index in [1.807, 2.05) is 41.3 Å². The van der Waals surface area contributed by atoms with E-state index >= 15 is 0 Å². The molecular formula is C22H27ClN2O3. The fraction of sp³-hybridized carbons (Fsp3) is 0.409. The van der Waals surface area contributed by atoms with Crippen molar-refractivity contribution in [1.29, 1.82) is 0 Å². The van der Waals surface area contributed by atoms with E-state index in [4.69, 9.17) is 16.3 Å². The van der Waals surface area contributed by atoms with Crippen LogP contribution in [-0.2, 0) is 6.42 Å². The molecule has 5 nitrogen and oxygen atoms in total. The van der Waals surface area contributed by atoms with Gasteiger partial charge in [0.2, 0.25) is 0 Å². The molecule has 0 spiro atoms. The molecule has 6 heteroatoms. The Hall–Kier alpha value is -2.08. The Morgan fingerprint density at radius 2 is 1.79 bits per heavy atom. The minimum atomic E-state index is -0.611. The van der Waals surface area contributed by atoms with Crippen molar-refractivity contribution in [2.24, 2.45) is 0 Å². The molecule has 1 aliphatic rings. The molecule has 2 aromatic rings. The van der Waals surface area contributed by atoms with Gasteiger partial charge in [0.1, 0.15) is 18.5 Å². The van der Waals surface area contributed by atoms with Gasteiger partial charge in [-0.3, -0.25) is 9.69 Å². The highest BCUT2D eigenvalue weighted by Crippen LogP contribution is 2.23. The quantitative estimate of drug-likeness (QED) is 0.773. The number of nitrogens with zero attached hydrogens (tertiary/aromatic N) is 2. The summed E-state index contributed by atoms with van der Waals surface area (Å²) in [4.78, 5) is 16.7. The highest BCUT2D eigenvalue weighted by molar-refractivity contribution is 6.32. The summed E-state index contributed by atoms with van der Waals surface area (Å²) in [7, 11) is 0. The number of hydrogen-bond acceptors (Lipinski definition) is 4. The van der Waals surface area contributed by atoms with Crippen molar-refractivity contribution in [3.63, 3.8) is 0 Å². The van der Waals surface area contributed by atoms with Gasteiger partial charge < -0.3 is 14.7 Å². The molecule has 0 radical (unpaired) electrons. The lowest BCUT2D eigenvalue weighted by Crippen LogP contribution is -2.51. The summed E-state index contributed by atoms with van der Waals surface area (Å²) >= 11 is 6.06. The number of para-hydroxylation sites is 1. The first kappa shape index (κ1) is 20.6. The minimum absolute atomic E-state index is 0.0740. The van der Waals surface area contributed by atoms with Crippen LogP contribution in [0.15, 0.2) is 48.5 Å². The van der Waals surface area contributed by atoms with Gasteiger partial charge in [0.05, 0.1) is 5.02 Å². The topological polar surface area (TPSA) is 53.0 Å². The number of hydrogen-bond donors (Lipinski definition) is 1. The summed E-state index contributed by atoms with van der Waals surface area (Å²) < 4.78 is 5.60. The van der Waals surface area contributed by atoms with Crippen LogP contribution < -0.4 is 4.74 Å². The van der Waals surface area contributed by atoms with Crippen molar-refractivity contribution in [3.8, 4) is 5.75 Å². The predicted molar refractivity (Wildman–Crippen MR) is 111 cm³/mol. The number of benzene rings is 2. The van der Waals surface area contributed by atoms with Crippen molar-refractivity contribution in [2.45, 2.75) is 19.4 Å². The van der Waals surface area contributed by atoms with Crippen molar-refractivity contribution >= 4 is 17.5 Å². The molecule has 28 heavy (non-hydrogen) atoms. The molecule has 1 heterocycles. The Balaban J connectivity index is 1.43. The summed E-state index contributed by atoms with van der Waals surface area (Å²) in [5, 5.41) is 10.8. The Bertz CT molecular complexity index is 774. The van der Waals surface area contributed by atoms with E-state index in [1.165, 1.54) is 5.56 Å². The Morgan fingerprint density at radius 3 is 2.43 bits per heavy atom. The lowest BCUT2D eigenvalue weighted by atomic mass is 10.1. The van der Waals surface area contributed by atoms with Crippen LogP contribution in [0.2, 0.25) is 5.02 Å². The Morgan fingerprint density at radius 1 is 1.11 bits per heavy atom. The van der Waals surface area contributed by atoms with Gasteiger partial charge in [-0.25, -0.2) is 0 Å². The molecule has 0 aliphatic carbocycles. The molecule has 0 aromatic heterocycles. The number of aliphatic hydroxyl groups excluding tert-OH is 1. The molecule has 1 N–H and O–H groups in total. The number of amides is 1. The van der Waals surface area contributed by atoms with E-state index in [1.54, 1.807) is 12.1 Å². The van der Waals surface area contributed by atoms with Gasteiger partial charge in [-0.1, -0.05) is 42.8 Å². The maximum Gasteiger partial charge on any atom is 0.253 e. The zero-order valence-electron chi connectivity index (χ0n) is 16.2. The summed E-state index contributed by atoms with van der Waals surface area (Å²) in [5.74, 6) is 0.651. The molecule has 1 amide bonds. The molecular weight excluding hydrogens is 376 g/mol. The molecule has 150 valence electrons. The second-order valence-electron chi connectivity index (χ2n) is 7.04. The van der Waals surface area contributed by atoms with E-state index in [0.717, 1.165) is 25.1 Å². The number of halogens is 1. The molecule has 1 fully saturated rings. The molecule has 3 rings (SSSR count). The zero-order chi connectivity index (χ0) is 19.9. The average Bonchev–Trinajstić information content (AvgIpc) is 2.73. The smallest absolute Gasteiger partial charge is 0.253 e. The maximum absolute atomic E-state index is 12.6. The Labute approximate surface area is 171 Å². The first-order chi connectivity index (χ1) is 13.6. The minimum Gasteiger partial charge on any atom is -0.489 e. The zero-order valence-corrected chi connectivity index (χ0v) is 16.9. The number of aliphatic hydroxyl groups is 1. The largest absolute Gasteiger partial charge is 0.489 e. The van der Waals surface area contributed by atoms with E-state index in [9.17, 15) is 9.90 Å². The molecule has 0 bridgehead atoms. The fourth-order valence-corrected chi connectivity index (χ4v) is 3.49. The number of aryl methyl sites for hydroxylation is 1. The van der Waals surface area contributed by atoms with Crippen LogP contribution in [0.1, 0.15) is 22.8 Å². The van der Waals surface area contributed by atoms with E-state index < -0.39 is 6.10 Å². The fourth-order valence-electron chi connectivity index (χ4n) is 3.30. The number of β-amino-alcohol motifs (C(OH)–C–C–N with tert-alkyl or cyclic N) is 1. The number of carbonyl (C=O) groups is 1. The van der Waals surface area contributed by atoms with Crippen molar-refractivity contribution in [2.75, 3.05) is 39.3 Å². The van der Waals surface area contributed by atoms with Gasteiger partial charge in [0.25, 0.3) is 5.91 Å². The van der Waals surface area contributed by atoms with Gasteiger partial charge >= 0.3 is 0 Å². The number of ether oxygens (including phenoxy) is 1. The lowest BCUT2D eigenvalue weighted by Gasteiger charge is -2.35. The molecule has 1 unspecified atom stereocenters. The van der Waals surface area contributed by atoms with Gasteiger partial charge in [-0.05, 0) is 36.2 Å². The summed E-state index contributed by atoms with van der Waals surface area (Å²) in [6, 6.07) is 15.1. The van der Waals surface area contributed by atoms with Crippen LogP contribution in [0.3, 0.4) is 0 Å². The molecule has 1 atom stereocenters. The van der Waals surface area contributed by atoms with Gasteiger partial charge in [0, 0.05) is 38.3 Å². The second-order valence-corrected chi connectivity index (χ2v) is 7.45. The third-order valence-corrected chi connectivity index (χ3v) is 5.32. The van der Waals surface area contributed by atoms with Crippen LogP contribution in [0.25, 0.3) is 0 Å². The van der Waals surface area contributed by atoms with E-state index in [2.05, 4.69) is 11.8 Å². The first-order valence-electron chi connectivity index (χ1n) is 9.72. The maximum atomic E-state index is 12.6. The van der Waals surface area contributed by atoms with Crippen LogP contribution >= 0.6 is 11.6 Å².